The second-order valence-corrected chi connectivity index (χ2v) is 1.46. The van der Waals surface area contributed by atoms with Crippen molar-refractivity contribution in [2.75, 3.05) is 19.9 Å². The van der Waals surface area contributed by atoms with Crippen LogP contribution in [0, 0.1) is 7.05 Å². The van der Waals surface area contributed by atoms with E-state index in [0.29, 0.717) is 0 Å². The van der Waals surface area contributed by atoms with E-state index in [9.17, 15) is 0 Å². The zero-order chi connectivity index (χ0) is 6.24. The van der Waals surface area contributed by atoms with E-state index in [-0.39, 0.29) is 80.3 Å². The van der Waals surface area contributed by atoms with Gasteiger partial charge >= 0.3 is 0 Å². The zero-order valence-corrected chi connectivity index (χ0v) is 12.2. The molecule has 0 aliphatic rings. The van der Waals surface area contributed by atoms with Crippen molar-refractivity contribution in [2.24, 2.45) is 0 Å². The second kappa shape index (κ2) is 29.2. The van der Waals surface area contributed by atoms with Crippen LogP contribution in [0.4, 0.5) is 0 Å². The maximum atomic E-state index is 3.44. The molecule has 0 aromatic heterocycles. The SMILES string of the molecule is C.C.[CH2-]NCNCNCC.[Y].[Y]. The van der Waals surface area contributed by atoms with E-state index in [1.165, 1.54) is 0 Å². The molecule has 3 N–H and O–H groups in total. The molecule has 0 fully saturated rings. The fourth-order valence-corrected chi connectivity index (χ4v) is 0.364. The third-order valence-electron chi connectivity index (χ3n) is 0.750. The van der Waals surface area contributed by atoms with E-state index in [1.807, 2.05) is 0 Å². The monoisotopic (exact) mass is 326 g/mol. The summed E-state index contributed by atoms with van der Waals surface area (Å²) in [6, 6.07) is 0. The molecule has 2 radical (unpaired) electrons. The summed E-state index contributed by atoms with van der Waals surface area (Å²) in [5.74, 6) is 0. The Bertz CT molecular complexity index is 41.6. The van der Waals surface area contributed by atoms with Crippen molar-refractivity contribution in [3.05, 3.63) is 7.05 Å². The van der Waals surface area contributed by atoms with Gasteiger partial charge in [0.1, 0.15) is 0 Å². The Labute approximate surface area is 128 Å². The molecule has 5 heteroatoms. The van der Waals surface area contributed by atoms with Crippen molar-refractivity contribution in [1.29, 1.82) is 0 Å². The zero-order valence-electron chi connectivity index (χ0n) is 6.48. The molecule has 0 rings (SSSR count). The van der Waals surface area contributed by atoms with Crippen molar-refractivity contribution in [3.63, 3.8) is 0 Å². The van der Waals surface area contributed by atoms with Gasteiger partial charge in [-0.3, -0.25) is 12.4 Å². The van der Waals surface area contributed by atoms with Gasteiger partial charge in [0, 0.05) is 78.8 Å². The number of hydrogen-bond acceptors (Lipinski definition) is 3. The van der Waals surface area contributed by atoms with Crippen LogP contribution in [0.3, 0.4) is 0 Å². The summed E-state index contributed by atoms with van der Waals surface area (Å²) in [5, 5.41) is 8.88. The van der Waals surface area contributed by atoms with Gasteiger partial charge in [0.15, 0.2) is 0 Å². The van der Waals surface area contributed by atoms with Crippen molar-refractivity contribution in [2.45, 2.75) is 21.8 Å². The van der Waals surface area contributed by atoms with Gasteiger partial charge in [-0.25, -0.2) is 0 Å². The maximum Gasteiger partial charge on any atom is 0.0463 e. The third-order valence-corrected chi connectivity index (χ3v) is 0.750. The quantitative estimate of drug-likeness (QED) is 0.396. The van der Waals surface area contributed by atoms with Crippen LogP contribution in [0.15, 0.2) is 0 Å². The Hall–Kier alpha value is 2.09. The van der Waals surface area contributed by atoms with Crippen LogP contribution in [0.25, 0.3) is 0 Å². The molecule has 0 heterocycles. The van der Waals surface area contributed by atoms with E-state index in [0.717, 1.165) is 19.9 Å². The van der Waals surface area contributed by atoms with Gasteiger partial charge in [0.2, 0.25) is 0 Å². The van der Waals surface area contributed by atoms with Gasteiger partial charge in [0.25, 0.3) is 0 Å². The van der Waals surface area contributed by atoms with Crippen molar-refractivity contribution < 1.29 is 65.4 Å². The van der Waals surface area contributed by atoms with E-state index >= 15 is 0 Å². The maximum absolute atomic E-state index is 3.44. The summed E-state index contributed by atoms with van der Waals surface area (Å²) in [5.41, 5.74) is 0. The molecule has 72 valence electrons. The Kier molecular flexibility index (Phi) is 71.2. The van der Waals surface area contributed by atoms with Gasteiger partial charge < -0.3 is 10.6 Å². The molecule has 12 heavy (non-hydrogen) atoms. The first-order valence-electron chi connectivity index (χ1n) is 2.83. The summed E-state index contributed by atoms with van der Waals surface area (Å²) in [6.45, 7) is 4.68. The van der Waals surface area contributed by atoms with Crippen LogP contribution in [0.5, 0.6) is 0 Å². The molecule has 0 atom stereocenters. The first-order chi connectivity index (χ1) is 3.91. The molecule has 0 saturated heterocycles. The van der Waals surface area contributed by atoms with E-state index in [1.54, 1.807) is 0 Å². The standard InChI is InChI=1S/C5H14N3.2CH4.2Y/c1-3-7-5-8-4-6-2;;;;/h6-8H,2-5H2,1H3;2*1H4;;/q-1;;;;. The van der Waals surface area contributed by atoms with Gasteiger partial charge in [-0.15, -0.1) is 0 Å². The molecule has 0 aliphatic carbocycles. The molecule has 0 spiro atoms. The Morgan fingerprint density at radius 3 is 1.83 bits per heavy atom. The molecule has 3 nitrogen and oxygen atoms in total. The van der Waals surface area contributed by atoms with E-state index < -0.39 is 0 Å². The summed E-state index contributed by atoms with van der Waals surface area (Å²) in [4.78, 5) is 0. The minimum absolute atomic E-state index is 0. The van der Waals surface area contributed by atoms with E-state index in [2.05, 4.69) is 29.9 Å². The normalized spacial score (nSPS) is 6.50. The first-order valence-corrected chi connectivity index (χ1v) is 2.83. The van der Waals surface area contributed by atoms with Crippen LogP contribution in [0.2, 0.25) is 0 Å². The van der Waals surface area contributed by atoms with Gasteiger partial charge in [-0.1, -0.05) is 21.8 Å². The molecular weight excluding hydrogens is 304 g/mol. The summed E-state index contributed by atoms with van der Waals surface area (Å²) >= 11 is 0. The topological polar surface area (TPSA) is 36.1 Å². The van der Waals surface area contributed by atoms with Crippen LogP contribution >= 0.6 is 0 Å². The average molecular weight is 326 g/mol. The second-order valence-electron chi connectivity index (χ2n) is 1.46. The molecular formula is C7H22N3Y2-. The minimum atomic E-state index is 0. The Balaban J connectivity index is -0.0000000408. The van der Waals surface area contributed by atoms with Crippen LogP contribution < -0.4 is 16.0 Å². The largest absolute Gasteiger partial charge is 0.461 e. The average Bonchev–Trinajstić information content (AvgIpc) is 1.81. The Morgan fingerprint density at radius 2 is 1.50 bits per heavy atom. The van der Waals surface area contributed by atoms with Crippen LogP contribution in [-0.2, 0) is 65.4 Å². The Morgan fingerprint density at radius 1 is 1.00 bits per heavy atom. The molecule has 0 aromatic carbocycles. The molecule has 0 aliphatic heterocycles. The van der Waals surface area contributed by atoms with Crippen LogP contribution in [0.1, 0.15) is 21.8 Å². The van der Waals surface area contributed by atoms with Crippen molar-refractivity contribution >= 4 is 0 Å². The minimum Gasteiger partial charge on any atom is -0.461 e. The predicted octanol–water partition coefficient (Wildman–Crippen LogP) is 0.749. The van der Waals surface area contributed by atoms with Gasteiger partial charge in [-0.2, -0.15) is 0 Å². The summed E-state index contributed by atoms with van der Waals surface area (Å²) in [6.07, 6.45) is 0. The van der Waals surface area contributed by atoms with Crippen molar-refractivity contribution in [3.8, 4) is 0 Å². The fourth-order valence-electron chi connectivity index (χ4n) is 0.364. The van der Waals surface area contributed by atoms with Crippen LogP contribution in [-0.4, -0.2) is 19.9 Å². The molecule has 0 bridgehead atoms. The summed E-state index contributed by atoms with van der Waals surface area (Å²) in [7, 11) is 3.44. The molecule has 0 amide bonds. The van der Waals surface area contributed by atoms with Gasteiger partial charge in [-0.05, 0) is 6.54 Å². The smallest absolute Gasteiger partial charge is 0.0463 e. The number of nitrogens with one attached hydrogen (secondary N) is 3. The number of hydrogen-bond donors (Lipinski definition) is 3. The third kappa shape index (κ3) is 29.6. The fraction of sp³-hybridized carbons (Fsp3) is 0.857. The van der Waals surface area contributed by atoms with Gasteiger partial charge in [0.05, 0.1) is 0 Å². The number of rotatable bonds is 5. The molecule has 0 saturated carbocycles. The first kappa shape index (κ1) is 29.2. The summed E-state index contributed by atoms with van der Waals surface area (Å²) < 4.78 is 0. The van der Waals surface area contributed by atoms with Crippen molar-refractivity contribution in [1.82, 2.24) is 16.0 Å². The van der Waals surface area contributed by atoms with E-state index in [4.69, 9.17) is 0 Å². The molecule has 0 unspecified atom stereocenters. The molecule has 0 aromatic rings. The predicted molar refractivity (Wildman–Crippen MR) is 48.5 cm³/mol.